The third kappa shape index (κ3) is 4.61. The van der Waals surface area contributed by atoms with Gasteiger partial charge < -0.3 is 20.7 Å². The highest BCUT2D eigenvalue weighted by Crippen LogP contribution is 2.31. The van der Waals surface area contributed by atoms with Crippen LogP contribution in [0.1, 0.15) is 26.2 Å². The largest absolute Gasteiger partial charge is 0.495 e. The first-order valence-electron chi connectivity index (χ1n) is 9.87. The topological polar surface area (TPSA) is 66.1 Å². The number of guanidine groups is 1. The Bertz CT molecular complexity index is 606. The number of nitrogens with two attached hydrogens (primary N) is 1. The summed E-state index contributed by atoms with van der Waals surface area (Å²) in [5.41, 5.74) is 7.27. The maximum absolute atomic E-state index is 6.09. The molecule has 0 saturated carbocycles. The summed E-state index contributed by atoms with van der Waals surface area (Å²) in [6, 6.07) is 8.82. The van der Waals surface area contributed by atoms with Crippen molar-refractivity contribution in [2.75, 3.05) is 51.3 Å². The molecule has 2 unspecified atom stereocenters. The molecule has 1 aromatic rings. The van der Waals surface area contributed by atoms with Crippen LogP contribution in [-0.2, 0) is 0 Å². The van der Waals surface area contributed by atoms with Crippen LogP contribution >= 0.6 is 0 Å². The summed E-state index contributed by atoms with van der Waals surface area (Å²) >= 11 is 0. The molecule has 3 rings (SSSR count). The number of benzene rings is 1. The first kappa shape index (κ1) is 18.8. The number of anilines is 1. The van der Waals surface area contributed by atoms with E-state index in [1.807, 2.05) is 12.1 Å². The molecule has 26 heavy (non-hydrogen) atoms. The molecule has 0 radical (unpaired) electrons. The van der Waals surface area contributed by atoms with Gasteiger partial charge in [0.05, 0.1) is 12.8 Å². The van der Waals surface area contributed by atoms with Crippen molar-refractivity contribution in [2.24, 2.45) is 16.6 Å². The third-order valence-electron chi connectivity index (χ3n) is 5.66. The van der Waals surface area contributed by atoms with Gasteiger partial charge in [-0.05, 0) is 50.4 Å². The number of hydrogen-bond donors (Lipinski definition) is 2. The van der Waals surface area contributed by atoms with Crippen molar-refractivity contribution < 1.29 is 4.74 Å². The Morgan fingerprint density at radius 1 is 1.31 bits per heavy atom. The number of likely N-dealkylation sites (N-methyl/N-ethyl adjacent to an activating group) is 1. The van der Waals surface area contributed by atoms with Crippen LogP contribution < -0.4 is 20.7 Å². The second-order valence-electron chi connectivity index (χ2n) is 7.30. The summed E-state index contributed by atoms with van der Waals surface area (Å²) in [5.74, 6) is 2.07. The molecule has 2 atom stereocenters. The molecule has 0 aromatic heterocycles. The smallest absolute Gasteiger partial charge is 0.188 e. The van der Waals surface area contributed by atoms with E-state index in [2.05, 4.69) is 39.2 Å². The zero-order chi connectivity index (χ0) is 18.4. The Kier molecular flexibility index (Phi) is 6.61. The summed E-state index contributed by atoms with van der Waals surface area (Å²) in [6.45, 7) is 8.28. The second kappa shape index (κ2) is 9.12. The molecule has 2 aliphatic heterocycles. The normalized spacial score (nSPS) is 24.2. The Labute approximate surface area is 157 Å². The van der Waals surface area contributed by atoms with Crippen LogP contribution in [0.15, 0.2) is 29.3 Å². The van der Waals surface area contributed by atoms with E-state index in [4.69, 9.17) is 10.5 Å². The van der Waals surface area contributed by atoms with Gasteiger partial charge in [-0.25, -0.2) is 0 Å². The molecule has 0 aliphatic carbocycles. The maximum atomic E-state index is 6.09. The monoisotopic (exact) mass is 359 g/mol. The molecule has 3 N–H and O–H groups in total. The lowest BCUT2D eigenvalue weighted by Gasteiger charge is -2.23. The molecule has 0 amide bonds. The van der Waals surface area contributed by atoms with E-state index in [1.54, 1.807) is 7.11 Å². The summed E-state index contributed by atoms with van der Waals surface area (Å²) in [6.07, 6.45) is 3.68. The summed E-state index contributed by atoms with van der Waals surface area (Å²) < 4.78 is 5.49. The minimum Gasteiger partial charge on any atom is -0.495 e. The standard InChI is InChI=1S/C20H33N5O/c1-3-24-11-6-7-17(24)14-23-20(21)22-13-16-10-12-25(15-16)18-8-4-5-9-19(18)26-2/h4-5,8-9,16-17H,3,6-7,10-15H2,1-2H3,(H3,21,22,23). The zero-order valence-electron chi connectivity index (χ0n) is 16.2. The third-order valence-corrected chi connectivity index (χ3v) is 5.66. The molecule has 1 aromatic carbocycles. The summed E-state index contributed by atoms with van der Waals surface area (Å²) in [4.78, 5) is 9.50. The minimum absolute atomic E-state index is 0.541. The number of para-hydroxylation sites is 2. The quantitative estimate of drug-likeness (QED) is 0.575. The molecule has 2 saturated heterocycles. The van der Waals surface area contributed by atoms with Gasteiger partial charge >= 0.3 is 0 Å². The Hall–Kier alpha value is -1.95. The SMILES string of the molecule is CCN1CCCC1CNC(N)=NCC1CCN(c2ccccc2OC)C1. The number of hydrogen-bond acceptors (Lipinski definition) is 4. The fraction of sp³-hybridized carbons (Fsp3) is 0.650. The van der Waals surface area contributed by atoms with Gasteiger partial charge in [-0.1, -0.05) is 19.1 Å². The summed E-state index contributed by atoms with van der Waals surface area (Å²) in [7, 11) is 1.73. The molecule has 2 heterocycles. The minimum atomic E-state index is 0.541. The van der Waals surface area contributed by atoms with Crippen molar-refractivity contribution in [3.63, 3.8) is 0 Å². The van der Waals surface area contributed by atoms with Gasteiger partial charge in [0.2, 0.25) is 0 Å². The number of aliphatic imine (C=N–C) groups is 1. The molecule has 144 valence electrons. The molecule has 6 nitrogen and oxygen atoms in total. The van der Waals surface area contributed by atoms with E-state index in [1.165, 1.54) is 25.1 Å². The van der Waals surface area contributed by atoms with Gasteiger partial charge in [0.15, 0.2) is 5.96 Å². The van der Waals surface area contributed by atoms with Crippen LogP contribution in [0.3, 0.4) is 0 Å². The van der Waals surface area contributed by atoms with Crippen LogP contribution in [0.2, 0.25) is 0 Å². The van der Waals surface area contributed by atoms with Gasteiger partial charge in [-0.15, -0.1) is 0 Å². The average molecular weight is 360 g/mol. The van der Waals surface area contributed by atoms with Gasteiger partial charge in [0, 0.05) is 32.2 Å². The maximum Gasteiger partial charge on any atom is 0.188 e. The van der Waals surface area contributed by atoms with Crippen LogP contribution in [0.25, 0.3) is 0 Å². The zero-order valence-corrected chi connectivity index (χ0v) is 16.2. The highest BCUT2D eigenvalue weighted by molar-refractivity contribution is 5.77. The number of nitrogens with zero attached hydrogens (tertiary/aromatic N) is 3. The van der Waals surface area contributed by atoms with Gasteiger partial charge in [-0.3, -0.25) is 9.89 Å². The van der Waals surface area contributed by atoms with Crippen LogP contribution in [0, 0.1) is 5.92 Å². The number of rotatable bonds is 7. The predicted molar refractivity (Wildman–Crippen MR) is 108 cm³/mol. The van der Waals surface area contributed by atoms with E-state index in [0.717, 1.165) is 44.9 Å². The fourth-order valence-corrected chi connectivity index (χ4v) is 4.14. The van der Waals surface area contributed by atoms with Crippen molar-refractivity contribution in [3.05, 3.63) is 24.3 Å². The van der Waals surface area contributed by atoms with E-state index < -0.39 is 0 Å². The van der Waals surface area contributed by atoms with Gasteiger partial charge in [-0.2, -0.15) is 0 Å². The molecular formula is C20H33N5O. The molecule has 2 fully saturated rings. The van der Waals surface area contributed by atoms with Gasteiger partial charge in [0.25, 0.3) is 0 Å². The lowest BCUT2D eigenvalue weighted by Crippen LogP contribution is -2.43. The van der Waals surface area contributed by atoms with Crippen molar-refractivity contribution >= 4 is 11.6 Å². The summed E-state index contributed by atoms with van der Waals surface area (Å²) in [5, 5.41) is 3.33. The van der Waals surface area contributed by atoms with Crippen LogP contribution in [0.5, 0.6) is 5.75 Å². The number of ether oxygens (including phenoxy) is 1. The van der Waals surface area contributed by atoms with E-state index >= 15 is 0 Å². The number of methoxy groups -OCH3 is 1. The van der Waals surface area contributed by atoms with E-state index in [9.17, 15) is 0 Å². The lowest BCUT2D eigenvalue weighted by atomic mass is 10.1. The fourth-order valence-electron chi connectivity index (χ4n) is 4.14. The van der Waals surface area contributed by atoms with Gasteiger partial charge in [0.1, 0.15) is 5.75 Å². The van der Waals surface area contributed by atoms with E-state index in [0.29, 0.717) is 17.9 Å². The van der Waals surface area contributed by atoms with Crippen LogP contribution in [-0.4, -0.2) is 63.3 Å². The highest BCUT2D eigenvalue weighted by atomic mass is 16.5. The Morgan fingerprint density at radius 3 is 2.96 bits per heavy atom. The lowest BCUT2D eigenvalue weighted by molar-refractivity contribution is 0.267. The molecular weight excluding hydrogens is 326 g/mol. The second-order valence-corrected chi connectivity index (χ2v) is 7.30. The van der Waals surface area contributed by atoms with E-state index in [-0.39, 0.29) is 0 Å². The molecule has 2 aliphatic rings. The predicted octanol–water partition coefficient (Wildman–Crippen LogP) is 1.91. The van der Waals surface area contributed by atoms with Crippen molar-refractivity contribution in [1.82, 2.24) is 10.2 Å². The van der Waals surface area contributed by atoms with Crippen LogP contribution in [0.4, 0.5) is 5.69 Å². The van der Waals surface area contributed by atoms with Crippen molar-refractivity contribution in [1.29, 1.82) is 0 Å². The Balaban J connectivity index is 1.45. The number of likely N-dealkylation sites (tertiary alicyclic amines) is 1. The van der Waals surface area contributed by atoms with Crippen molar-refractivity contribution in [2.45, 2.75) is 32.2 Å². The Morgan fingerprint density at radius 2 is 2.15 bits per heavy atom. The first-order valence-corrected chi connectivity index (χ1v) is 9.87. The molecule has 0 spiro atoms. The van der Waals surface area contributed by atoms with Crippen molar-refractivity contribution in [3.8, 4) is 5.75 Å². The molecule has 0 bridgehead atoms. The highest BCUT2D eigenvalue weighted by Gasteiger charge is 2.25. The molecule has 6 heteroatoms. The first-order chi connectivity index (χ1) is 12.7. The number of nitrogens with one attached hydrogen (secondary N) is 1. The average Bonchev–Trinajstić information content (AvgIpc) is 3.33.